The van der Waals surface area contributed by atoms with Crippen molar-refractivity contribution in [2.45, 2.75) is 18.9 Å². The number of rotatable bonds is 3. The zero-order valence-electron chi connectivity index (χ0n) is 9.57. The highest BCUT2D eigenvalue weighted by Crippen LogP contribution is 2.28. The molecule has 1 N–H and O–H groups in total. The van der Waals surface area contributed by atoms with Crippen LogP contribution in [-0.2, 0) is 0 Å². The number of nitrogens with zero attached hydrogens (tertiary/aromatic N) is 1. The largest absolute Gasteiger partial charge is 0.349 e. The number of aromatic nitrogens is 1. The van der Waals surface area contributed by atoms with Crippen molar-refractivity contribution in [2.75, 3.05) is 0 Å². The third-order valence-corrected chi connectivity index (χ3v) is 3.85. The molecule has 1 amide bonds. The number of nitrogens with one attached hydrogen (secondary N) is 1. The predicted molar refractivity (Wildman–Crippen MR) is 70.3 cm³/mol. The molecule has 1 heterocycles. The maximum Gasteiger partial charge on any atom is 0.251 e. The van der Waals surface area contributed by atoms with E-state index >= 15 is 0 Å². The lowest BCUT2D eigenvalue weighted by atomic mass is 10.2. The summed E-state index contributed by atoms with van der Waals surface area (Å²) >= 11 is 1.21. The Balaban J connectivity index is 1.94. The minimum atomic E-state index is -0.541. The van der Waals surface area contributed by atoms with E-state index in [2.05, 4.69) is 16.9 Å². The van der Waals surface area contributed by atoms with Gasteiger partial charge in [0, 0.05) is 11.6 Å². The number of thiazole rings is 1. The van der Waals surface area contributed by atoms with Crippen molar-refractivity contribution < 1.29 is 9.18 Å². The van der Waals surface area contributed by atoms with E-state index in [9.17, 15) is 9.18 Å². The molecule has 1 saturated carbocycles. The number of hydrogen-bond donors (Lipinski definition) is 1. The first kappa shape index (κ1) is 11.3. The molecule has 0 spiro atoms. The summed E-state index contributed by atoms with van der Waals surface area (Å²) in [5.74, 6) is -0.617. The van der Waals surface area contributed by atoms with Crippen LogP contribution in [0.3, 0.4) is 0 Å². The Morgan fingerprint density at radius 3 is 2.94 bits per heavy atom. The van der Waals surface area contributed by atoms with E-state index < -0.39 is 5.83 Å². The molecule has 1 aliphatic carbocycles. The van der Waals surface area contributed by atoms with Crippen molar-refractivity contribution in [3.63, 3.8) is 0 Å². The number of hydrogen-bond acceptors (Lipinski definition) is 3. The molecule has 1 aromatic carbocycles. The molecule has 1 aliphatic rings. The Morgan fingerprint density at radius 1 is 1.50 bits per heavy atom. The molecular weight excluding hydrogens is 251 g/mol. The summed E-state index contributed by atoms with van der Waals surface area (Å²) in [6.45, 7) is 3.23. The van der Waals surface area contributed by atoms with Crippen LogP contribution in [0.2, 0.25) is 0 Å². The Bertz CT molecular complexity index is 645. The van der Waals surface area contributed by atoms with Crippen LogP contribution in [0.4, 0.5) is 4.39 Å². The fraction of sp³-hybridized carbons (Fsp3) is 0.231. The molecule has 3 nitrogen and oxygen atoms in total. The predicted octanol–water partition coefficient (Wildman–Crippen LogP) is 3.13. The molecule has 0 bridgehead atoms. The number of amides is 1. The molecule has 2 aromatic rings. The van der Waals surface area contributed by atoms with Crippen LogP contribution < -0.4 is 5.32 Å². The topological polar surface area (TPSA) is 42.0 Å². The minimum Gasteiger partial charge on any atom is -0.349 e. The Hall–Kier alpha value is -1.75. The highest BCUT2D eigenvalue weighted by atomic mass is 32.1. The van der Waals surface area contributed by atoms with Crippen LogP contribution in [-0.4, -0.2) is 16.9 Å². The van der Waals surface area contributed by atoms with E-state index in [0.29, 0.717) is 17.1 Å². The maximum atomic E-state index is 13.0. The zero-order chi connectivity index (χ0) is 12.7. The maximum absolute atomic E-state index is 13.0. The van der Waals surface area contributed by atoms with Gasteiger partial charge < -0.3 is 5.32 Å². The zero-order valence-corrected chi connectivity index (χ0v) is 10.4. The molecule has 18 heavy (non-hydrogen) atoms. The van der Waals surface area contributed by atoms with Gasteiger partial charge in [0.25, 0.3) is 5.91 Å². The Kier molecular flexibility index (Phi) is 2.63. The monoisotopic (exact) mass is 262 g/mol. The van der Waals surface area contributed by atoms with Crippen molar-refractivity contribution in [1.82, 2.24) is 10.3 Å². The van der Waals surface area contributed by atoms with E-state index in [1.807, 2.05) is 0 Å². The standard InChI is InChI=1S/C13H11FN2OS/c1-7(14)13-16-10-5-2-8(6-11(10)18-13)12(17)15-9-3-4-9/h2,5-6,9H,1,3-4H2,(H,15,17). The molecule has 0 radical (unpaired) electrons. The summed E-state index contributed by atoms with van der Waals surface area (Å²) in [7, 11) is 0. The second kappa shape index (κ2) is 4.17. The Morgan fingerprint density at radius 2 is 2.28 bits per heavy atom. The van der Waals surface area contributed by atoms with Crippen LogP contribution >= 0.6 is 11.3 Å². The number of fused-ring (bicyclic) bond motifs is 1. The molecule has 0 atom stereocenters. The molecular formula is C13H11FN2OS. The second-order valence-corrected chi connectivity index (χ2v) is 5.38. The van der Waals surface area contributed by atoms with Gasteiger partial charge >= 0.3 is 0 Å². The second-order valence-electron chi connectivity index (χ2n) is 4.35. The fourth-order valence-corrected chi connectivity index (χ4v) is 2.55. The van der Waals surface area contributed by atoms with Gasteiger partial charge in [-0.05, 0) is 31.0 Å². The average Bonchev–Trinajstić information content (AvgIpc) is 3.04. The van der Waals surface area contributed by atoms with Crippen LogP contribution in [0.1, 0.15) is 28.2 Å². The van der Waals surface area contributed by atoms with Crippen molar-refractivity contribution in [1.29, 1.82) is 0 Å². The lowest BCUT2D eigenvalue weighted by Crippen LogP contribution is -2.25. The molecule has 1 aromatic heterocycles. The van der Waals surface area contributed by atoms with Gasteiger partial charge in [-0.25, -0.2) is 9.37 Å². The highest BCUT2D eigenvalue weighted by Gasteiger charge is 2.23. The molecule has 92 valence electrons. The van der Waals surface area contributed by atoms with E-state index in [4.69, 9.17) is 0 Å². The summed E-state index contributed by atoms with van der Waals surface area (Å²) < 4.78 is 13.8. The third-order valence-electron chi connectivity index (χ3n) is 2.80. The van der Waals surface area contributed by atoms with Crippen LogP contribution in [0, 0.1) is 0 Å². The van der Waals surface area contributed by atoms with Gasteiger partial charge in [0.1, 0.15) is 0 Å². The molecule has 1 fully saturated rings. The number of carbonyl (C=O) groups excluding carboxylic acids is 1. The minimum absolute atomic E-state index is 0.0755. The molecule has 0 unspecified atom stereocenters. The van der Waals surface area contributed by atoms with Gasteiger partial charge in [0.15, 0.2) is 10.8 Å². The fourth-order valence-electron chi connectivity index (χ4n) is 1.68. The Labute approximate surface area is 107 Å². The van der Waals surface area contributed by atoms with Crippen LogP contribution in [0.25, 0.3) is 16.0 Å². The van der Waals surface area contributed by atoms with Gasteiger partial charge in [-0.15, -0.1) is 11.3 Å². The van der Waals surface area contributed by atoms with Crippen molar-refractivity contribution in [2.24, 2.45) is 0 Å². The highest BCUT2D eigenvalue weighted by molar-refractivity contribution is 7.19. The summed E-state index contributed by atoms with van der Waals surface area (Å²) in [4.78, 5) is 16.0. The van der Waals surface area contributed by atoms with Gasteiger partial charge in [0.05, 0.1) is 10.2 Å². The average molecular weight is 262 g/mol. The normalized spacial score (nSPS) is 14.7. The van der Waals surface area contributed by atoms with E-state index in [1.54, 1.807) is 18.2 Å². The van der Waals surface area contributed by atoms with E-state index in [1.165, 1.54) is 11.3 Å². The van der Waals surface area contributed by atoms with Gasteiger partial charge in [-0.2, -0.15) is 0 Å². The molecule has 0 saturated heterocycles. The lowest BCUT2D eigenvalue weighted by molar-refractivity contribution is 0.0951. The van der Waals surface area contributed by atoms with Crippen molar-refractivity contribution in [3.05, 3.63) is 35.3 Å². The van der Waals surface area contributed by atoms with E-state index in [0.717, 1.165) is 17.5 Å². The SMILES string of the molecule is C=C(F)c1nc2ccc(C(=O)NC3CC3)cc2s1. The first-order valence-electron chi connectivity index (χ1n) is 5.70. The van der Waals surface area contributed by atoms with Gasteiger partial charge in [-0.3, -0.25) is 4.79 Å². The first-order valence-corrected chi connectivity index (χ1v) is 6.51. The number of halogens is 1. The summed E-state index contributed by atoms with van der Waals surface area (Å²) in [5, 5.41) is 3.19. The summed E-state index contributed by atoms with van der Waals surface area (Å²) in [6.07, 6.45) is 2.11. The number of benzene rings is 1. The van der Waals surface area contributed by atoms with E-state index in [-0.39, 0.29) is 10.9 Å². The van der Waals surface area contributed by atoms with Crippen molar-refractivity contribution in [3.8, 4) is 0 Å². The third kappa shape index (κ3) is 2.13. The number of carbonyl (C=O) groups is 1. The first-order chi connectivity index (χ1) is 8.63. The van der Waals surface area contributed by atoms with Gasteiger partial charge in [0.2, 0.25) is 0 Å². The summed E-state index contributed by atoms with van der Waals surface area (Å²) in [6, 6.07) is 5.53. The van der Waals surface area contributed by atoms with Crippen LogP contribution in [0.15, 0.2) is 24.8 Å². The molecule has 5 heteroatoms. The molecule has 0 aliphatic heterocycles. The molecule has 3 rings (SSSR count). The lowest BCUT2D eigenvalue weighted by Gasteiger charge is -2.02. The van der Waals surface area contributed by atoms with Crippen LogP contribution in [0.5, 0.6) is 0 Å². The van der Waals surface area contributed by atoms with Gasteiger partial charge in [-0.1, -0.05) is 6.58 Å². The van der Waals surface area contributed by atoms with Crippen molar-refractivity contribution >= 4 is 33.3 Å². The quantitative estimate of drug-likeness (QED) is 0.923. The smallest absolute Gasteiger partial charge is 0.251 e. The summed E-state index contributed by atoms with van der Waals surface area (Å²) in [5.41, 5.74) is 1.28.